The number of nitrogens with zero attached hydrogens (tertiary/aromatic N) is 1. The third kappa shape index (κ3) is 4.40. The maximum absolute atomic E-state index is 5.72. The molecule has 2 nitrogen and oxygen atoms in total. The molecule has 2 N–H and O–H groups in total. The molecule has 0 amide bonds. The Labute approximate surface area is 86.7 Å². The van der Waals surface area contributed by atoms with Gasteiger partial charge in [-0.05, 0) is 26.0 Å². The zero-order valence-electron chi connectivity index (χ0n) is 9.11. The zero-order chi connectivity index (χ0) is 10.4. The molecule has 0 aromatic heterocycles. The molecule has 0 aliphatic rings. The second kappa shape index (κ2) is 5.78. The van der Waals surface area contributed by atoms with Crippen molar-refractivity contribution in [1.82, 2.24) is 4.90 Å². The third-order valence-electron chi connectivity index (χ3n) is 2.22. The van der Waals surface area contributed by atoms with Gasteiger partial charge in [0.1, 0.15) is 0 Å². The molecule has 0 fully saturated rings. The van der Waals surface area contributed by atoms with E-state index in [1.807, 2.05) is 6.92 Å². The van der Waals surface area contributed by atoms with E-state index in [4.69, 9.17) is 5.73 Å². The molecule has 1 aromatic carbocycles. The Bertz CT molecular complexity index is 244. The summed E-state index contributed by atoms with van der Waals surface area (Å²) in [6, 6.07) is 10.8. The maximum atomic E-state index is 5.72. The molecule has 1 aromatic rings. The van der Waals surface area contributed by atoms with Gasteiger partial charge in [-0.25, -0.2) is 0 Å². The van der Waals surface area contributed by atoms with Crippen LogP contribution in [0.15, 0.2) is 30.3 Å². The van der Waals surface area contributed by atoms with E-state index in [0.29, 0.717) is 0 Å². The van der Waals surface area contributed by atoms with Crippen molar-refractivity contribution in [2.24, 2.45) is 5.73 Å². The first-order chi connectivity index (χ1) is 6.68. The smallest absolute Gasteiger partial charge is 0.0139 e. The van der Waals surface area contributed by atoms with Crippen LogP contribution in [0, 0.1) is 0 Å². The fourth-order valence-corrected chi connectivity index (χ4v) is 1.55. The highest BCUT2D eigenvalue weighted by Crippen LogP contribution is 2.00. The van der Waals surface area contributed by atoms with E-state index in [9.17, 15) is 0 Å². The number of likely N-dealkylation sites (N-methyl/N-ethyl adjacent to an activating group) is 1. The zero-order valence-corrected chi connectivity index (χ0v) is 9.11. The van der Waals surface area contributed by atoms with E-state index in [2.05, 4.69) is 42.3 Å². The summed E-state index contributed by atoms with van der Waals surface area (Å²) in [7, 11) is 2.12. The molecule has 0 radical (unpaired) electrons. The van der Waals surface area contributed by atoms with E-state index >= 15 is 0 Å². The summed E-state index contributed by atoms with van der Waals surface area (Å²) in [5.74, 6) is 0. The number of nitrogens with two attached hydrogens (primary N) is 1. The van der Waals surface area contributed by atoms with Gasteiger partial charge in [-0.1, -0.05) is 30.3 Å². The highest BCUT2D eigenvalue weighted by Gasteiger charge is 2.01. The Kier molecular flexibility index (Phi) is 4.63. The van der Waals surface area contributed by atoms with Gasteiger partial charge < -0.3 is 10.6 Å². The summed E-state index contributed by atoms with van der Waals surface area (Å²) >= 11 is 0. The molecule has 0 saturated heterocycles. The Morgan fingerprint density at radius 3 is 2.50 bits per heavy atom. The summed E-state index contributed by atoms with van der Waals surface area (Å²) in [5.41, 5.74) is 7.11. The van der Waals surface area contributed by atoms with Crippen LogP contribution in [0.5, 0.6) is 0 Å². The molecule has 0 aliphatic carbocycles. The highest BCUT2D eigenvalue weighted by atomic mass is 15.1. The van der Waals surface area contributed by atoms with Gasteiger partial charge in [-0.15, -0.1) is 0 Å². The van der Waals surface area contributed by atoms with Gasteiger partial charge in [-0.3, -0.25) is 0 Å². The van der Waals surface area contributed by atoms with Crippen molar-refractivity contribution in [1.29, 1.82) is 0 Å². The molecule has 0 saturated carbocycles. The topological polar surface area (TPSA) is 29.3 Å². The largest absolute Gasteiger partial charge is 0.327 e. The van der Waals surface area contributed by atoms with Crippen LogP contribution in [0.2, 0.25) is 0 Å². The van der Waals surface area contributed by atoms with Crippen molar-refractivity contribution < 1.29 is 0 Å². The van der Waals surface area contributed by atoms with Crippen molar-refractivity contribution in [2.75, 3.05) is 20.1 Å². The second-order valence-electron chi connectivity index (χ2n) is 3.98. The number of rotatable bonds is 5. The summed E-state index contributed by atoms with van der Waals surface area (Å²) in [6.07, 6.45) is 1.10. The molecule has 0 spiro atoms. The molecule has 0 aliphatic heterocycles. The molecule has 0 bridgehead atoms. The maximum Gasteiger partial charge on any atom is 0.0139 e. The van der Waals surface area contributed by atoms with E-state index in [1.165, 1.54) is 5.56 Å². The van der Waals surface area contributed by atoms with Crippen molar-refractivity contribution in [3.8, 4) is 0 Å². The molecular weight excluding hydrogens is 172 g/mol. The molecule has 1 rings (SSSR count). The first-order valence-electron chi connectivity index (χ1n) is 5.16. The second-order valence-corrected chi connectivity index (χ2v) is 3.98. The quantitative estimate of drug-likeness (QED) is 0.766. The molecule has 1 atom stereocenters. The normalized spacial score (nSPS) is 13.1. The lowest BCUT2D eigenvalue weighted by Gasteiger charge is -2.18. The fraction of sp³-hybridized carbons (Fsp3) is 0.500. The SMILES string of the molecule is C[C@H](N)CN(C)CCc1ccccc1. The van der Waals surface area contributed by atoms with E-state index < -0.39 is 0 Å². The van der Waals surface area contributed by atoms with Crippen LogP contribution in [0.25, 0.3) is 0 Å². The fourth-order valence-electron chi connectivity index (χ4n) is 1.55. The lowest BCUT2D eigenvalue weighted by molar-refractivity contribution is 0.321. The van der Waals surface area contributed by atoms with E-state index in [1.54, 1.807) is 0 Å². The predicted octanol–water partition coefficient (Wildman–Crippen LogP) is 1.51. The van der Waals surface area contributed by atoms with Crippen LogP contribution < -0.4 is 5.73 Å². The molecule has 2 heteroatoms. The van der Waals surface area contributed by atoms with Crippen molar-refractivity contribution in [3.63, 3.8) is 0 Å². The molecular formula is C12H20N2. The number of hydrogen-bond donors (Lipinski definition) is 1. The molecule has 0 unspecified atom stereocenters. The Morgan fingerprint density at radius 2 is 1.93 bits per heavy atom. The minimum Gasteiger partial charge on any atom is -0.327 e. The standard InChI is InChI=1S/C12H20N2/c1-11(13)10-14(2)9-8-12-6-4-3-5-7-12/h3-7,11H,8-10,13H2,1-2H3/t11-/m0/s1. The third-order valence-corrected chi connectivity index (χ3v) is 2.22. The van der Waals surface area contributed by atoms with Crippen molar-refractivity contribution >= 4 is 0 Å². The van der Waals surface area contributed by atoms with Crippen molar-refractivity contribution in [2.45, 2.75) is 19.4 Å². The Hall–Kier alpha value is -0.860. The van der Waals surface area contributed by atoms with Gasteiger partial charge in [0, 0.05) is 19.1 Å². The summed E-state index contributed by atoms with van der Waals surface area (Å²) in [5, 5.41) is 0. The summed E-state index contributed by atoms with van der Waals surface area (Å²) in [4.78, 5) is 2.28. The van der Waals surface area contributed by atoms with Gasteiger partial charge in [0.15, 0.2) is 0 Å². The Morgan fingerprint density at radius 1 is 1.29 bits per heavy atom. The van der Waals surface area contributed by atoms with E-state index in [0.717, 1.165) is 19.5 Å². The van der Waals surface area contributed by atoms with Gasteiger partial charge in [-0.2, -0.15) is 0 Å². The monoisotopic (exact) mass is 192 g/mol. The van der Waals surface area contributed by atoms with Crippen LogP contribution in [0.3, 0.4) is 0 Å². The van der Waals surface area contributed by atoms with Crippen LogP contribution >= 0.6 is 0 Å². The highest BCUT2D eigenvalue weighted by molar-refractivity contribution is 5.14. The van der Waals surface area contributed by atoms with Crippen LogP contribution in [0.4, 0.5) is 0 Å². The molecule has 14 heavy (non-hydrogen) atoms. The van der Waals surface area contributed by atoms with Crippen molar-refractivity contribution in [3.05, 3.63) is 35.9 Å². The van der Waals surface area contributed by atoms with Gasteiger partial charge in [0.2, 0.25) is 0 Å². The molecule has 0 heterocycles. The lowest BCUT2D eigenvalue weighted by Crippen LogP contribution is -2.34. The van der Waals surface area contributed by atoms with Crippen LogP contribution in [-0.4, -0.2) is 31.1 Å². The van der Waals surface area contributed by atoms with Crippen LogP contribution in [-0.2, 0) is 6.42 Å². The minimum atomic E-state index is 0.260. The predicted molar refractivity (Wildman–Crippen MR) is 61.3 cm³/mol. The summed E-state index contributed by atoms with van der Waals surface area (Å²) in [6.45, 7) is 4.08. The number of benzene rings is 1. The first kappa shape index (κ1) is 11.2. The average Bonchev–Trinajstić information content (AvgIpc) is 2.15. The van der Waals surface area contributed by atoms with E-state index in [-0.39, 0.29) is 6.04 Å². The summed E-state index contributed by atoms with van der Waals surface area (Å²) < 4.78 is 0. The lowest BCUT2D eigenvalue weighted by atomic mass is 10.1. The van der Waals surface area contributed by atoms with Gasteiger partial charge in [0.25, 0.3) is 0 Å². The van der Waals surface area contributed by atoms with Gasteiger partial charge >= 0.3 is 0 Å². The minimum absolute atomic E-state index is 0.260. The Balaban J connectivity index is 2.27. The average molecular weight is 192 g/mol. The van der Waals surface area contributed by atoms with Gasteiger partial charge in [0.05, 0.1) is 0 Å². The number of hydrogen-bond acceptors (Lipinski definition) is 2. The first-order valence-corrected chi connectivity index (χ1v) is 5.16. The molecule has 78 valence electrons. The van der Waals surface area contributed by atoms with Crippen LogP contribution in [0.1, 0.15) is 12.5 Å².